The van der Waals surface area contributed by atoms with Crippen LogP contribution in [-0.4, -0.2) is 20.4 Å². The van der Waals surface area contributed by atoms with Gasteiger partial charge in [0.25, 0.3) is 15.9 Å². The maximum atomic E-state index is 12.4. The lowest BCUT2D eigenvalue weighted by Crippen LogP contribution is -2.40. The first-order valence-electron chi connectivity index (χ1n) is 7.54. The van der Waals surface area contributed by atoms with Crippen molar-refractivity contribution in [1.29, 1.82) is 5.26 Å². The Morgan fingerprint density at radius 3 is 2.52 bits per heavy atom. The smallest absolute Gasteiger partial charge is 0.274 e. The number of rotatable bonds is 5. The summed E-state index contributed by atoms with van der Waals surface area (Å²) in [5, 5.41) is 9.03. The van der Waals surface area contributed by atoms with Crippen molar-refractivity contribution in [2.75, 3.05) is 0 Å². The molecule has 0 saturated heterocycles. The first-order chi connectivity index (χ1) is 11.7. The van der Waals surface area contributed by atoms with Crippen molar-refractivity contribution in [3.63, 3.8) is 0 Å². The number of benzene rings is 2. The van der Waals surface area contributed by atoms with Gasteiger partial charge in [0.2, 0.25) is 0 Å². The third kappa shape index (κ3) is 4.37. The Morgan fingerprint density at radius 1 is 1.20 bits per heavy atom. The molecule has 0 saturated carbocycles. The van der Waals surface area contributed by atoms with Crippen LogP contribution in [0.5, 0.6) is 5.75 Å². The molecule has 0 aromatic heterocycles. The minimum absolute atomic E-state index is 0.0380. The molecule has 0 bridgehead atoms. The van der Waals surface area contributed by atoms with Gasteiger partial charge in [-0.15, -0.1) is 0 Å². The van der Waals surface area contributed by atoms with Crippen LogP contribution in [0, 0.1) is 25.2 Å². The lowest BCUT2D eigenvalue weighted by molar-refractivity contribution is -0.125. The van der Waals surface area contributed by atoms with Crippen LogP contribution in [0.15, 0.2) is 47.4 Å². The molecule has 1 atom stereocenters. The van der Waals surface area contributed by atoms with E-state index in [2.05, 4.69) is 0 Å². The lowest BCUT2D eigenvalue weighted by Gasteiger charge is -2.16. The number of sulfonamides is 1. The van der Waals surface area contributed by atoms with Crippen LogP contribution in [0.4, 0.5) is 0 Å². The summed E-state index contributed by atoms with van der Waals surface area (Å²) in [7, 11) is -4.00. The highest BCUT2D eigenvalue weighted by atomic mass is 32.2. The molecular weight excluding hydrogens is 340 g/mol. The van der Waals surface area contributed by atoms with Gasteiger partial charge < -0.3 is 4.74 Å². The van der Waals surface area contributed by atoms with Crippen LogP contribution in [0.25, 0.3) is 0 Å². The topological polar surface area (TPSA) is 96.3 Å². The fraction of sp³-hybridized carbons (Fsp3) is 0.222. The standard InChI is InChI=1S/C18H18N2O4S/c1-12-8-9-17(13(2)10-12)25(22,23)20-18(21)14(3)24-16-7-5-4-6-15(16)11-19/h4-10,14H,1-3H3,(H,20,21)/t14-/m1/s1. The van der Waals surface area contributed by atoms with E-state index in [0.29, 0.717) is 5.56 Å². The monoisotopic (exact) mass is 358 g/mol. The Hall–Kier alpha value is -2.85. The zero-order valence-corrected chi connectivity index (χ0v) is 14.9. The molecule has 0 fully saturated rings. The predicted octanol–water partition coefficient (Wildman–Crippen LogP) is 2.45. The fourth-order valence-electron chi connectivity index (χ4n) is 2.28. The van der Waals surface area contributed by atoms with Gasteiger partial charge in [0.1, 0.15) is 11.8 Å². The lowest BCUT2D eigenvalue weighted by atomic mass is 10.2. The number of ether oxygens (including phenoxy) is 1. The molecule has 2 aromatic carbocycles. The van der Waals surface area contributed by atoms with E-state index in [1.54, 1.807) is 43.3 Å². The average Bonchev–Trinajstić information content (AvgIpc) is 2.54. The van der Waals surface area contributed by atoms with E-state index >= 15 is 0 Å². The van der Waals surface area contributed by atoms with Crippen molar-refractivity contribution < 1.29 is 17.9 Å². The van der Waals surface area contributed by atoms with E-state index in [1.807, 2.05) is 17.7 Å². The third-order valence-electron chi connectivity index (χ3n) is 3.54. The van der Waals surface area contributed by atoms with Crippen LogP contribution in [-0.2, 0) is 14.8 Å². The summed E-state index contributed by atoms with van der Waals surface area (Å²) in [6, 6.07) is 13.2. The van der Waals surface area contributed by atoms with Crippen molar-refractivity contribution in [2.24, 2.45) is 0 Å². The SMILES string of the molecule is Cc1ccc(S(=O)(=O)NC(=O)[C@@H](C)Oc2ccccc2C#N)c(C)c1. The van der Waals surface area contributed by atoms with Gasteiger partial charge in [-0.25, -0.2) is 13.1 Å². The predicted molar refractivity (Wildman–Crippen MR) is 92.5 cm³/mol. The number of nitrogens with zero attached hydrogens (tertiary/aromatic N) is 1. The highest BCUT2D eigenvalue weighted by Crippen LogP contribution is 2.19. The van der Waals surface area contributed by atoms with E-state index < -0.39 is 22.0 Å². The number of nitriles is 1. The number of hydrogen-bond acceptors (Lipinski definition) is 5. The van der Waals surface area contributed by atoms with Crippen molar-refractivity contribution in [1.82, 2.24) is 4.72 Å². The van der Waals surface area contributed by atoms with Crippen LogP contribution < -0.4 is 9.46 Å². The van der Waals surface area contributed by atoms with Crippen molar-refractivity contribution in [3.05, 3.63) is 59.2 Å². The Kier molecular flexibility index (Phi) is 5.45. The molecular formula is C18H18N2O4S. The molecule has 0 radical (unpaired) electrons. The second-order valence-corrected chi connectivity index (χ2v) is 7.26. The van der Waals surface area contributed by atoms with Crippen LogP contribution >= 0.6 is 0 Å². The van der Waals surface area contributed by atoms with E-state index in [0.717, 1.165) is 5.56 Å². The molecule has 7 heteroatoms. The van der Waals surface area contributed by atoms with Crippen molar-refractivity contribution >= 4 is 15.9 Å². The molecule has 0 aliphatic carbocycles. The summed E-state index contributed by atoms with van der Waals surface area (Å²) in [5.41, 5.74) is 1.73. The highest BCUT2D eigenvalue weighted by molar-refractivity contribution is 7.90. The molecule has 0 aliphatic rings. The number of amides is 1. The fourth-order valence-corrected chi connectivity index (χ4v) is 3.55. The molecule has 1 amide bonds. The van der Waals surface area contributed by atoms with E-state index in [-0.39, 0.29) is 16.2 Å². The molecule has 130 valence electrons. The van der Waals surface area contributed by atoms with Gasteiger partial charge >= 0.3 is 0 Å². The van der Waals surface area contributed by atoms with Gasteiger partial charge in [-0.1, -0.05) is 29.8 Å². The molecule has 0 unspecified atom stereocenters. The summed E-state index contributed by atoms with van der Waals surface area (Å²) >= 11 is 0. The molecule has 0 spiro atoms. The molecule has 0 aliphatic heterocycles. The van der Waals surface area contributed by atoms with Crippen molar-refractivity contribution in [2.45, 2.75) is 31.8 Å². The Labute approximate surface area is 147 Å². The Bertz CT molecular complexity index is 946. The average molecular weight is 358 g/mol. The molecule has 1 N–H and O–H groups in total. The van der Waals surface area contributed by atoms with Gasteiger partial charge in [0.05, 0.1) is 10.5 Å². The maximum absolute atomic E-state index is 12.4. The normalized spacial score (nSPS) is 12.1. The molecule has 2 aromatic rings. The number of nitrogens with one attached hydrogen (secondary N) is 1. The van der Waals surface area contributed by atoms with Gasteiger partial charge in [-0.3, -0.25) is 4.79 Å². The number of carbonyl (C=O) groups excluding carboxylic acids is 1. The Morgan fingerprint density at radius 2 is 1.88 bits per heavy atom. The second-order valence-electron chi connectivity index (χ2n) is 5.61. The highest BCUT2D eigenvalue weighted by Gasteiger charge is 2.24. The summed E-state index contributed by atoms with van der Waals surface area (Å²) in [6.07, 6.45) is -1.09. The third-order valence-corrected chi connectivity index (χ3v) is 5.04. The van der Waals surface area contributed by atoms with Crippen LogP contribution in [0.2, 0.25) is 0 Å². The van der Waals surface area contributed by atoms with Gasteiger partial charge in [-0.05, 0) is 44.5 Å². The molecule has 25 heavy (non-hydrogen) atoms. The van der Waals surface area contributed by atoms with E-state index in [9.17, 15) is 13.2 Å². The largest absolute Gasteiger partial charge is 0.479 e. The maximum Gasteiger partial charge on any atom is 0.274 e. The summed E-state index contributed by atoms with van der Waals surface area (Å²) < 4.78 is 32.3. The Balaban J connectivity index is 2.16. The van der Waals surface area contributed by atoms with Gasteiger partial charge in [0, 0.05) is 0 Å². The minimum Gasteiger partial charge on any atom is -0.479 e. The quantitative estimate of drug-likeness (QED) is 0.885. The molecule has 2 rings (SSSR count). The number of aryl methyl sites for hydroxylation is 2. The van der Waals surface area contributed by atoms with Crippen LogP contribution in [0.1, 0.15) is 23.6 Å². The summed E-state index contributed by atoms with van der Waals surface area (Å²) in [5.74, 6) is -0.593. The first kappa shape index (κ1) is 18.5. The first-order valence-corrected chi connectivity index (χ1v) is 9.02. The number of para-hydroxylation sites is 1. The number of carbonyl (C=O) groups is 1. The van der Waals surface area contributed by atoms with Gasteiger partial charge in [0.15, 0.2) is 6.10 Å². The molecule has 6 nitrogen and oxygen atoms in total. The zero-order chi connectivity index (χ0) is 18.6. The zero-order valence-electron chi connectivity index (χ0n) is 14.1. The van der Waals surface area contributed by atoms with E-state index in [4.69, 9.17) is 10.00 Å². The van der Waals surface area contributed by atoms with Crippen LogP contribution in [0.3, 0.4) is 0 Å². The minimum atomic E-state index is -4.00. The van der Waals surface area contributed by atoms with E-state index in [1.165, 1.54) is 13.0 Å². The number of hydrogen-bond donors (Lipinski definition) is 1. The molecule has 0 heterocycles. The van der Waals surface area contributed by atoms with Crippen molar-refractivity contribution in [3.8, 4) is 11.8 Å². The summed E-state index contributed by atoms with van der Waals surface area (Å²) in [4.78, 5) is 12.3. The van der Waals surface area contributed by atoms with Gasteiger partial charge in [-0.2, -0.15) is 5.26 Å². The second kappa shape index (κ2) is 7.36. The summed E-state index contributed by atoms with van der Waals surface area (Å²) in [6.45, 7) is 4.93.